The Morgan fingerprint density at radius 3 is 2.03 bits per heavy atom. The lowest BCUT2D eigenvalue weighted by Crippen LogP contribution is -2.43. The molecular formula is C31H35NO4. The molecular weight excluding hydrogens is 450 g/mol. The fourth-order valence-electron chi connectivity index (χ4n) is 3.98. The Morgan fingerprint density at radius 1 is 0.722 bits per heavy atom. The molecule has 3 aromatic carbocycles. The van der Waals surface area contributed by atoms with Gasteiger partial charge in [0.2, 0.25) is 0 Å². The average molecular weight is 486 g/mol. The van der Waals surface area contributed by atoms with E-state index in [9.17, 15) is 14.4 Å². The molecule has 188 valence electrons. The third-order valence-corrected chi connectivity index (χ3v) is 6.10. The number of carbonyl (C=O) groups is 3. The normalized spacial score (nSPS) is 11.5. The highest BCUT2D eigenvalue weighted by molar-refractivity contribution is 5.99. The molecule has 0 aromatic heterocycles. The molecule has 3 aromatic rings. The summed E-state index contributed by atoms with van der Waals surface area (Å²) in [5.74, 6) is -1.28. The third kappa shape index (κ3) is 8.81. The lowest BCUT2D eigenvalue weighted by Gasteiger charge is -2.18. The summed E-state index contributed by atoms with van der Waals surface area (Å²) in [6.07, 6.45) is 7.38. The number of benzene rings is 3. The number of nitrogens with one attached hydrogen (secondary N) is 1. The summed E-state index contributed by atoms with van der Waals surface area (Å²) in [7, 11) is 0. The molecule has 36 heavy (non-hydrogen) atoms. The number of hydrogen-bond acceptors (Lipinski definition) is 4. The van der Waals surface area contributed by atoms with E-state index in [1.807, 2.05) is 48.5 Å². The van der Waals surface area contributed by atoms with E-state index in [1.54, 1.807) is 36.4 Å². The smallest absolute Gasteiger partial charge is 0.329 e. The van der Waals surface area contributed by atoms with Crippen molar-refractivity contribution in [3.05, 3.63) is 107 Å². The number of rotatable bonds is 14. The molecule has 1 N–H and O–H groups in total. The van der Waals surface area contributed by atoms with Gasteiger partial charge in [-0.15, -0.1) is 0 Å². The van der Waals surface area contributed by atoms with Crippen molar-refractivity contribution in [2.75, 3.05) is 6.61 Å². The SMILES string of the molecule is CCCCCCCc1ccc(C(=O)COC(=O)C(Cc2ccccc2)NC(=O)c2ccccc2)cc1. The predicted octanol–water partition coefficient (Wildman–Crippen LogP) is 5.97. The fraction of sp³-hybridized carbons (Fsp3) is 0.323. The van der Waals surface area contributed by atoms with Crippen LogP contribution in [0.2, 0.25) is 0 Å². The van der Waals surface area contributed by atoms with Gasteiger partial charge >= 0.3 is 5.97 Å². The van der Waals surface area contributed by atoms with Gasteiger partial charge in [-0.05, 0) is 36.1 Å². The van der Waals surface area contributed by atoms with Gasteiger partial charge in [0, 0.05) is 17.5 Å². The molecule has 0 aliphatic rings. The van der Waals surface area contributed by atoms with Crippen molar-refractivity contribution >= 4 is 17.7 Å². The molecule has 0 fully saturated rings. The van der Waals surface area contributed by atoms with Crippen LogP contribution in [-0.4, -0.2) is 30.3 Å². The number of amides is 1. The van der Waals surface area contributed by atoms with Crippen LogP contribution in [0.5, 0.6) is 0 Å². The maximum Gasteiger partial charge on any atom is 0.329 e. The van der Waals surface area contributed by atoms with Crippen LogP contribution in [0.15, 0.2) is 84.9 Å². The summed E-state index contributed by atoms with van der Waals surface area (Å²) in [6, 6.07) is 24.7. The van der Waals surface area contributed by atoms with Crippen LogP contribution >= 0.6 is 0 Å². The largest absolute Gasteiger partial charge is 0.456 e. The zero-order valence-electron chi connectivity index (χ0n) is 21.0. The van der Waals surface area contributed by atoms with Crippen LogP contribution in [0.1, 0.15) is 70.9 Å². The second kappa shape index (κ2) is 14.6. The molecule has 0 radical (unpaired) electrons. The minimum absolute atomic E-state index is 0.263. The molecule has 0 saturated carbocycles. The molecule has 5 heteroatoms. The molecule has 1 unspecified atom stereocenters. The van der Waals surface area contributed by atoms with Gasteiger partial charge in [0.25, 0.3) is 5.91 Å². The molecule has 0 heterocycles. The summed E-state index contributed by atoms with van der Waals surface area (Å²) < 4.78 is 5.36. The molecule has 0 saturated heterocycles. The summed E-state index contributed by atoms with van der Waals surface area (Å²) in [4.78, 5) is 38.2. The van der Waals surface area contributed by atoms with E-state index in [1.165, 1.54) is 31.2 Å². The van der Waals surface area contributed by atoms with Crippen molar-refractivity contribution < 1.29 is 19.1 Å². The van der Waals surface area contributed by atoms with Crippen molar-refractivity contribution in [3.63, 3.8) is 0 Å². The summed E-state index contributed by atoms with van der Waals surface area (Å²) >= 11 is 0. The minimum Gasteiger partial charge on any atom is -0.456 e. The van der Waals surface area contributed by atoms with Gasteiger partial charge in [0.05, 0.1) is 0 Å². The van der Waals surface area contributed by atoms with E-state index in [0.29, 0.717) is 11.1 Å². The molecule has 1 amide bonds. The summed E-state index contributed by atoms with van der Waals surface area (Å²) in [5, 5.41) is 2.76. The van der Waals surface area contributed by atoms with E-state index < -0.39 is 12.0 Å². The van der Waals surface area contributed by atoms with Gasteiger partial charge < -0.3 is 10.1 Å². The van der Waals surface area contributed by atoms with Gasteiger partial charge in [-0.25, -0.2) is 4.79 Å². The van der Waals surface area contributed by atoms with Crippen LogP contribution in [0.25, 0.3) is 0 Å². The average Bonchev–Trinajstić information content (AvgIpc) is 2.92. The van der Waals surface area contributed by atoms with E-state index >= 15 is 0 Å². The Kier molecular flexibility index (Phi) is 10.9. The van der Waals surface area contributed by atoms with Gasteiger partial charge in [-0.3, -0.25) is 9.59 Å². The Hall–Kier alpha value is -3.73. The lowest BCUT2D eigenvalue weighted by molar-refractivity contribution is -0.144. The molecule has 5 nitrogen and oxygen atoms in total. The Balaban J connectivity index is 1.56. The summed E-state index contributed by atoms with van der Waals surface area (Å²) in [6.45, 7) is 1.83. The Morgan fingerprint density at radius 2 is 1.36 bits per heavy atom. The van der Waals surface area contributed by atoms with Crippen molar-refractivity contribution in [2.45, 2.75) is 57.9 Å². The number of ketones is 1. The Bertz CT molecular complexity index is 1090. The number of aryl methyl sites for hydroxylation is 1. The highest BCUT2D eigenvalue weighted by atomic mass is 16.5. The predicted molar refractivity (Wildman–Crippen MR) is 142 cm³/mol. The second-order valence-electron chi connectivity index (χ2n) is 8.97. The quantitative estimate of drug-likeness (QED) is 0.174. The minimum atomic E-state index is -0.914. The standard InChI is InChI=1S/C31H35NO4/c1-2-3-4-5-8-13-24-18-20-26(21-19-24)29(33)23-36-31(35)28(22-25-14-9-6-10-15-25)32-30(34)27-16-11-7-12-17-27/h6-7,9-12,14-21,28H,2-5,8,13,22-23H2,1H3,(H,32,34). The molecule has 0 aliphatic heterocycles. The van der Waals surface area contributed by atoms with Crippen LogP contribution in [-0.2, 0) is 22.4 Å². The highest BCUT2D eigenvalue weighted by Crippen LogP contribution is 2.12. The van der Waals surface area contributed by atoms with E-state index in [4.69, 9.17) is 4.74 Å². The van der Waals surface area contributed by atoms with Crippen molar-refractivity contribution in [1.29, 1.82) is 0 Å². The third-order valence-electron chi connectivity index (χ3n) is 6.10. The van der Waals surface area contributed by atoms with Crippen molar-refractivity contribution in [3.8, 4) is 0 Å². The molecule has 1 atom stereocenters. The first-order valence-electron chi connectivity index (χ1n) is 12.8. The first kappa shape index (κ1) is 26.9. The number of Topliss-reactive ketones (excluding diaryl/α,β-unsaturated/α-hetero) is 1. The molecule has 3 rings (SSSR count). The molecule has 0 spiro atoms. The number of carbonyl (C=O) groups excluding carboxylic acids is 3. The topological polar surface area (TPSA) is 72.5 Å². The highest BCUT2D eigenvalue weighted by Gasteiger charge is 2.24. The van der Waals surface area contributed by atoms with Crippen LogP contribution in [0.4, 0.5) is 0 Å². The maximum atomic E-state index is 12.9. The van der Waals surface area contributed by atoms with Gasteiger partial charge in [-0.1, -0.05) is 105 Å². The first-order chi connectivity index (χ1) is 17.6. The van der Waals surface area contributed by atoms with E-state index in [-0.39, 0.29) is 24.7 Å². The number of hydrogen-bond donors (Lipinski definition) is 1. The zero-order valence-corrected chi connectivity index (χ0v) is 21.0. The molecule has 0 aliphatic carbocycles. The van der Waals surface area contributed by atoms with Crippen LogP contribution in [0.3, 0.4) is 0 Å². The van der Waals surface area contributed by atoms with Crippen LogP contribution < -0.4 is 5.32 Å². The van der Waals surface area contributed by atoms with Gasteiger partial charge in [0.1, 0.15) is 6.04 Å². The van der Waals surface area contributed by atoms with Crippen LogP contribution in [0, 0.1) is 0 Å². The number of ether oxygens (including phenoxy) is 1. The second-order valence-corrected chi connectivity index (χ2v) is 8.97. The monoisotopic (exact) mass is 485 g/mol. The molecule has 0 bridgehead atoms. The van der Waals surface area contributed by atoms with Gasteiger partial charge in [0.15, 0.2) is 12.4 Å². The van der Waals surface area contributed by atoms with E-state index in [0.717, 1.165) is 18.4 Å². The van der Waals surface area contributed by atoms with Crippen molar-refractivity contribution in [1.82, 2.24) is 5.32 Å². The number of unbranched alkanes of at least 4 members (excludes halogenated alkanes) is 4. The fourth-order valence-corrected chi connectivity index (χ4v) is 3.98. The zero-order chi connectivity index (χ0) is 25.6. The maximum absolute atomic E-state index is 12.9. The van der Waals surface area contributed by atoms with Gasteiger partial charge in [-0.2, -0.15) is 0 Å². The first-order valence-corrected chi connectivity index (χ1v) is 12.8. The Labute approximate surface area is 213 Å². The van der Waals surface area contributed by atoms with Crippen molar-refractivity contribution in [2.24, 2.45) is 0 Å². The summed E-state index contributed by atoms with van der Waals surface area (Å²) in [5.41, 5.74) is 3.03. The number of esters is 1. The van der Waals surface area contributed by atoms with E-state index in [2.05, 4.69) is 12.2 Å². The lowest BCUT2D eigenvalue weighted by atomic mass is 10.0.